The molecule has 5 heteroatoms. The van der Waals surface area contributed by atoms with Crippen LogP contribution in [-0.4, -0.2) is 49.1 Å². The molecule has 0 spiro atoms. The van der Waals surface area contributed by atoms with Crippen LogP contribution in [0.25, 0.3) is 0 Å². The first-order valence-electron chi connectivity index (χ1n) is 6.78. The Balaban J connectivity index is 1.90. The van der Waals surface area contributed by atoms with Gasteiger partial charge < -0.3 is 10.6 Å². The van der Waals surface area contributed by atoms with Gasteiger partial charge in [0.05, 0.1) is 0 Å². The first-order valence-corrected chi connectivity index (χ1v) is 6.78. The fourth-order valence-corrected chi connectivity index (χ4v) is 2.48. The molecule has 1 heterocycles. The van der Waals surface area contributed by atoms with Crippen LogP contribution in [0.5, 0.6) is 0 Å². The summed E-state index contributed by atoms with van der Waals surface area (Å²) in [5.41, 5.74) is 6.39. The molecule has 0 amide bonds. The molecule has 0 bridgehead atoms. The van der Waals surface area contributed by atoms with Crippen LogP contribution in [0.1, 0.15) is 12.0 Å². The molecule has 2 N–H and O–H groups in total. The second-order valence-corrected chi connectivity index (χ2v) is 5.01. The summed E-state index contributed by atoms with van der Waals surface area (Å²) in [4.78, 5) is 4.63. The quantitative estimate of drug-likeness (QED) is 0.897. The largest absolute Gasteiger partial charge is 0.329 e. The van der Waals surface area contributed by atoms with E-state index in [1.165, 1.54) is 12.1 Å². The van der Waals surface area contributed by atoms with E-state index in [0.29, 0.717) is 13.1 Å². The molecule has 19 heavy (non-hydrogen) atoms. The zero-order valence-corrected chi connectivity index (χ0v) is 11.1. The van der Waals surface area contributed by atoms with E-state index in [2.05, 4.69) is 9.80 Å². The van der Waals surface area contributed by atoms with Gasteiger partial charge in [0.25, 0.3) is 0 Å². The van der Waals surface area contributed by atoms with Crippen molar-refractivity contribution >= 4 is 0 Å². The van der Waals surface area contributed by atoms with Crippen LogP contribution in [0.4, 0.5) is 8.78 Å². The van der Waals surface area contributed by atoms with Crippen molar-refractivity contribution in [2.45, 2.75) is 13.0 Å². The van der Waals surface area contributed by atoms with E-state index in [9.17, 15) is 8.78 Å². The maximum absolute atomic E-state index is 13.2. The third-order valence-corrected chi connectivity index (χ3v) is 3.52. The van der Waals surface area contributed by atoms with Crippen LogP contribution in [0.15, 0.2) is 18.2 Å². The zero-order valence-electron chi connectivity index (χ0n) is 11.1. The molecule has 1 aliphatic rings. The summed E-state index contributed by atoms with van der Waals surface area (Å²) in [5, 5.41) is 0. The summed E-state index contributed by atoms with van der Waals surface area (Å²) in [6.07, 6.45) is 1.09. The van der Waals surface area contributed by atoms with Crippen LogP contribution < -0.4 is 5.73 Å². The molecule has 1 aromatic rings. The summed E-state index contributed by atoms with van der Waals surface area (Å²) in [6.45, 7) is 6.27. The Bertz CT molecular complexity index is 412. The SMILES string of the molecule is NCCN1CCCN(Cc2ccc(F)c(F)c2)CC1. The lowest BCUT2D eigenvalue weighted by molar-refractivity contribution is 0.254. The second kappa shape index (κ2) is 6.93. The minimum atomic E-state index is -0.784. The first kappa shape index (κ1) is 14.4. The highest BCUT2D eigenvalue weighted by molar-refractivity contribution is 5.17. The summed E-state index contributed by atoms with van der Waals surface area (Å²) in [6, 6.07) is 4.14. The monoisotopic (exact) mass is 269 g/mol. The molecule has 1 saturated heterocycles. The van der Waals surface area contributed by atoms with E-state index >= 15 is 0 Å². The minimum absolute atomic E-state index is 0.674. The molecule has 3 nitrogen and oxygen atoms in total. The summed E-state index contributed by atoms with van der Waals surface area (Å²) >= 11 is 0. The Labute approximate surface area is 113 Å². The van der Waals surface area contributed by atoms with E-state index in [1.807, 2.05) is 0 Å². The number of nitrogens with zero attached hydrogens (tertiary/aromatic N) is 2. The molecular formula is C14H21F2N3. The van der Waals surface area contributed by atoms with Crippen LogP contribution in [-0.2, 0) is 6.54 Å². The van der Waals surface area contributed by atoms with Crippen LogP contribution >= 0.6 is 0 Å². The maximum Gasteiger partial charge on any atom is 0.159 e. The average Bonchev–Trinajstić information content (AvgIpc) is 2.60. The lowest BCUT2D eigenvalue weighted by atomic mass is 10.2. The van der Waals surface area contributed by atoms with E-state index in [4.69, 9.17) is 5.73 Å². The van der Waals surface area contributed by atoms with Crippen molar-refractivity contribution in [1.29, 1.82) is 0 Å². The Hall–Kier alpha value is -1.04. The van der Waals surface area contributed by atoms with Crippen molar-refractivity contribution in [2.24, 2.45) is 5.73 Å². The Morgan fingerprint density at radius 3 is 2.47 bits per heavy atom. The predicted octanol–water partition coefficient (Wildman–Crippen LogP) is 1.43. The number of hydrogen-bond acceptors (Lipinski definition) is 3. The third-order valence-electron chi connectivity index (χ3n) is 3.52. The van der Waals surface area contributed by atoms with Crippen LogP contribution in [0.2, 0.25) is 0 Å². The Kier molecular flexibility index (Phi) is 5.24. The summed E-state index contributed by atoms with van der Waals surface area (Å²) in [5.74, 6) is -1.55. The second-order valence-electron chi connectivity index (χ2n) is 5.01. The topological polar surface area (TPSA) is 32.5 Å². The van der Waals surface area contributed by atoms with Crippen molar-refractivity contribution < 1.29 is 8.78 Å². The molecule has 0 atom stereocenters. The molecule has 1 aliphatic heterocycles. The Morgan fingerprint density at radius 2 is 1.74 bits per heavy atom. The molecule has 106 valence electrons. The number of hydrogen-bond donors (Lipinski definition) is 1. The zero-order chi connectivity index (χ0) is 13.7. The van der Waals surface area contributed by atoms with Crippen molar-refractivity contribution in [1.82, 2.24) is 9.80 Å². The summed E-state index contributed by atoms with van der Waals surface area (Å²) < 4.78 is 26.0. The number of halogens is 2. The highest BCUT2D eigenvalue weighted by Gasteiger charge is 2.14. The fraction of sp³-hybridized carbons (Fsp3) is 0.571. The highest BCUT2D eigenvalue weighted by atomic mass is 19.2. The van der Waals surface area contributed by atoms with E-state index in [-0.39, 0.29) is 0 Å². The van der Waals surface area contributed by atoms with Crippen molar-refractivity contribution in [3.63, 3.8) is 0 Å². The highest BCUT2D eigenvalue weighted by Crippen LogP contribution is 2.12. The lowest BCUT2D eigenvalue weighted by Crippen LogP contribution is -2.33. The minimum Gasteiger partial charge on any atom is -0.329 e. The van der Waals surface area contributed by atoms with Crippen molar-refractivity contribution in [3.8, 4) is 0 Å². The fourth-order valence-electron chi connectivity index (χ4n) is 2.48. The van der Waals surface area contributed by atoms with Gasteiger partial charge in [0, 0.05) is 32.7 Å². The molecule has 0 radical (unpaired) electrons. The van der Waals surface area contributed by atoms with Gasteiger partial charge in [0.15, 0.2) is 11.6 Å². The standard InChI is InChI=1S/C14H21F2N3/c15-13-3-2-12(10-14(13)16)11-19-6-1-5-18(7-4-17)8-9-19/h2-3,10H,1,4-9,11,17H2. The first-order chi connectivity index (χ1) is 9.19. The van der Waals surface area contributed by atoms with Gasteiger partial charge in [-0.2, -0.15) is 0 Å². The van der Waals surface area contributed by atoms with Gasteiger partial charge in [-0.05, 0) is 37.2 Å². The van der Waals surface area contributed by atoms with E-state index in [1.54, 1.807) is 6.07 Å². The van der Waals surface area contributed by atoms with E-state index < -0.39 is 11.6 Å². The van der Waals surface area contributed by atoms with Crippen molar-refractivity contribution in [2.75, 3.05) is 39.3 Å². The molecule has 1 fully saturated rings. The molecule has 0 aliphatic carbocycles. The average molecular weight is 269 g/mol. The molecule has 0 aromatic heterocycles. The Morgan fingerprint density at radius 1 is 1.00 bits per heavy atom. The van der Waals surface area contributed by atoms with Crippen LogP contribution in [0, 0.1) is 11.6 Å². The van der Waals surface area contributed by atoms with Gasteiger partial charge >= 0.3 is 0 Å². The van der Waals surface area contributed by atoms with Gasteiger partial charge in [-0.3, -0.25) is 4.90 Å². The predicted molar refractivity (Wildman–Crippen MR) is 71.7 cm³/mol. The van der Waals surface area contributed by atoms with Gasteiger partial charge in [0.2, 0.25) is 0 Å². The maximum atomic E-state index is 13.2. The van der Waals surface area contributed by atoms with Crippen molar-refractivity contribution in [3.05, 3.63) is 35.4 Å². The summed E-state index contributed by atoms with van der Waals surface area (Å²) in [7, 11) is 0. The van der Waals surface area contributed by atoms with Gasteiger partial charge in [-0.1, -0.05) is 6.07 Å². The molecule has 2 rings (SSSR count). The molecule has 0 saturated carbocycles. The normalized spacial score (nSPS) is 18.5. The van der Waals surface area contributed by atoms with Gasteiger partial charge in [0.1, 0.15) is 0 Å². The van der Waals surface area contributed by atoms with Gasteiger partial charge in [-0.25, -0.2) is 8.78 Å². The molecule has 0 unspecified atom stereocenters. The molecule has 1 aromatic carbocycles. The number of nitrogens with two attached hydrogens (primary N) is 1. The molecular weight excluding hydrogens is 248 g/mol. The number of rotatable bonds is 4. The third kappa shape index (κ3) is 4.23. The lowest BCUT2D eigenvalue weighted by Gasteiger charge is -2.21. The number of benzene rings is 1. The van der Waals surface area contributed by atoms with E-state index in [0.717, 1.165) is 44.7 Å². The van der Waals surface area contributed by atoms with Crippen LogP contribution in [0.3, 0.4) is 0 Å². The van der Waals surface area contributed by atoms with Gasteiger partial charge in [-0.15, -0.1) is 0 Å². The smallest absolute Gasteiger partial charge is 0.159 e.